The molecule has 2 nitrogen and oxygen atoms in total. The van der Waals surface area contributed by atoms with Crippen molar-refractivity contribution in [1.82, 2.24) is 0 Å². The molecule has 0 bridgehead atoms. The van der Waals surface area contributed by atoms with Gasteiger partial charge in [-0.1, -0.05) is 64.5 Å². The second-order valence-electron chi connectivity index (χ2n) is 13.5. The maximum absolute atomic E-state index is 6.51. The van der Waals surface area contributed by atoms with Gasteiger partial charge in [0.2, 0.25) is 0 Å². The molecule has 0 heterocycles. The average molecular weight is 523 g/mol. The van der Waals surface area contributed by atoms with Crippen LogP contribution < -0.4 is 0 Å². The molecule has 0 saturated heterocycles. The van der Waals surface area contributed by atoms with Crippen LogP contribution >= 0.6 is 11.8 Å². The van der Waals surface area contributed by atoms with Gasteiger partial charge in [0.25, 0.3) is 0 Å². The van der Waals surface area contributed by atoms with E-state index >= 15 is 0 Å². The number of hydrogen-bond acceptors (Lipinski definition) is 3. The maximum Gasteiger partial charge on any atom is 0.155 e. The summed E-state index contributed by atoms with van der Waals surface area (Å²) in [5.41, 5.74) is 6.16. The molecule has 0 amide bonds. The summed E-state index contributed by atoms with van der Waals surface area (Å²) in [6.45, 7) is 17.5. The SMILES string of the molecule is CCOC(C)O[C@H]1CC[C@]2(C)C3=C(CC[C@H]2C1(C)C)C1=CC[C@H]([C@H](C)CSc2ccccc2)[C@@]1(C)CC3. The first-order valence-electron chi connectivity index (χ1n) is 15.0. The second kappa shape index (κ2) is 10.5. The fourth-order valence-electron chi connectivity index (χ4n) is 9.17. The molecule has 4 aliphatic carbocycles. The van der Waals surface area contributed by atoms with Crippen LogP contribution in [0.25, 0.3) is 0 Å². The smallest absolute Gasteiger partial charge is 0.155 e. The van der Waals surface area contributed by atoms with E-state index in [2.05, 4.69) is 84.9 Å². The first-order chi connectivity index (χ1) is 17.6. The topological polar surface area (TPSA) is 18.5 Å². The molecule has 0 spiro atoms. The molecule has 1 aromatic rings. The Labute approximate surface area is 231 Å². The van der Waals surface area contributed by atoms with Crippen molar-refractivity contribution in [3.8, 4) is 0 Å². The van der Waals surface area contributed by atoms with Gasteiger partial charge in [-0.2, -0.15) is 0 Å². The number of rotatable bonds is 8. The van der Waals surface area contributed by atoms with E-state index in [-0.39, 0.29) is 17.8 Å². The van der Waals surface area contributed by atoms with Gasteiger partial charge in [0.05, 0.1) is 6.10 Å². The van der Waals surface area contributed by atoms with Crippen molar-refractivity contribution < 1.29 is 9.47 Å². The van der Waals surface area contributed by atoms with E-state index in [1.165, 1.54) is 49.2 Å². The Kier molecular flexibility index (Phi) is 7.82. The molecule has 7 atom stereocenters. The van der Waals surface area contributed by atoms with Crippen molar-refractivity contribution >= 4 is 11.8 Å². The van der Waals surface area contributed by atoms with E-state index in [0.29, 0.717) is 23.4 Å². The molecule has 1 fully saturated rings. The van der Waals surface area contributed by atoms with Crippen LogP contribution in [0.4, 0.5) is 0 Å². The van der Waals surface area contributed by atoms with Gasteiger partial charge in [-0.3, -0.25) is 0 Å². The minimum Gasteiger partial charge on any atom is -0.353 e. The highest BCUT2D eigenvalue weighted by molar-refractivity contribution is 7.99. The lowest BCUT2D eigenvalue weighted by Gasteiger charge is -2.60. The minimum atomic E-state index is -0.116. The number of fused-ring (bicyclic) bond motifs is 4. The van der Waals surface area contributed by atoms with Gasteiger partial charge in [0.15, 0.2) is 6.29 Å². The van der Waals surface area contributed by atoms with Crippen LogP contribution in [0.15, 0.2) is 58.0 Å². The van der Waals surface area contributed by atoms with E-state index in [1.807, 2.05) is 17.3 Å². The zero-order valence-electron chi connectivity index (χ0n) is 24.4. The van der Waals surface area contributed by atoms with E-state index in [1.54, 1.807) is 11.1 Å². The van der Waals surface area contributed by atoms with Gasteiger partial charge in [0, 0.05) is 17.3 Å². The summed E-state index contributed by atoms with van der Waals surface area (Å²) in [6.07, 6.45) is 11.7. The Morgan fingerprint density at radius 3 is 2.46 bits per heavy atom. The number of allylic oxidation sites excluding steroid dienone is 4. The number of thioether (sulfide) groups is 1. The van der Waals surface area contributed by atoms with Crippen molar-refractivity contribution in [2.75, 3.05) is 12.4 Å². The Hall–Kier alpha value is -1.03. The molecular formula is C34H50O2S. The van der Waals surface area contributed by atoms with Crippen LogP contribution in [0, 0.1) is 34.0 Å². The van der Waals surface area contributed by atoms with Crippen LogP contribution in [0.1, 0.15) is 93.4 Å². The predicted molar refractivity (Wildman–Crippen MR) is 157 cm³/mol. The van der Waals surface area contributed by atoms with Crippen molar-refractivity contribution in [1.29, 1.82) is 0 Å². The van der Waals surface area contributed by atoms with Crippen molar-refractivity contribution in [2.45, 2.75) is 111 Å². The molecule has 1 unspecified atom stereocenters. The highest BCUT2D eigenvalue weighted by atomic mass is 32.2. The molecule has 4 aliphatic rings. The first kappa shape index (κ1) is 27.5. The predicted octanol–water partition coefficient (Wildman–Crippen LogP) is 9.46. The van der Waals surface area contributed by atoms with Gasteiger partial charge in [0.1, 0.15) is 0 Å². The van der Waals surface area contributed by atoms with Crippen molar-refractivity contribution in [2.24, 2.45) is 34.0 Å². The maximum atomic E-state index is 6.51. The van der Waals surface area contributed by atoms with Gasteiger partial charge in [-0.05, 0) is 116 Å². The average Bonchev–Trinajstić information content (AvgIpc) is 3.22. The molecule has 37 heavy (non-hydrogen) atoms. The number of ether oxygens (including phenoxy) is 2. The summed E-state index contributed by atoms with van der Waals surface area (Å²) in [7, 11) is 0. The third-order valence-corrected chi connectivity index (χ3v) is 12.4. The Balaban J connectivity index is 1.34. The third kappa shape index (κ3) is 4.80. The van der Waals surface area contributed by atoms with Crippen LogP contribution in [0.5, 0.6) is 0 Å². The lowest BCUT2D eigenvalue weighted by molar-refractivity contribution is -0.214. The van der Waals surface area contributed by atoms with Crippen molar-refractivity contribution in [3.05, 3.63) is 53.1 Å². The molecular weight excluding hydrogens is 472 g/mol. The fraction of sp³-hybridized carbons (Fsp3) is 0.706. The Morgan fingerprint density at radius 1 is 0.973 bits per heavy atom. The lowest BCUT2D eigenvalue weighted by atomic mass is 9.46. The lowest BCUT2D eigenvalue weighted by Crippen LogP contribution is -2.54. The number of benzene rings is 1. The van der Waals surface area contributed by atoms with Gasteiger partial charge in [-0.15, -0.1) is 11.8 Å². The molecule has 1 saturated carbocycles. The number of hydrogen-bond donors (Lipinski definition) is 0. The Morgan fingerprint density at radius 2 is 1.73 bits per heavy atom. The molecule has 0 aromatic heterocycles. The first-order valence-corrected chi connectivity index (χ1v) is 16.0. The minimum absolute atomic E-state index is 0.116. The molecule has 0 radical (unpaired) electrons. The summed E-state index contributed by atoms with van der Waals surface area (Å²) >= 11 is 2.04. The zero-order chi connectivity index (χ0) is 26.4. The monoisotopic (exact) mass is 522 g/mol. The largest absolute Gasteiger partial charge is 0.353 e. The summed E-state index contributed by atoms with van der Waals surface area (Å²) < 4.78 is 12.3. The molecule has 0 aliphatic heterocycles. The Bertz CT molecular complexity index is 1030. The third-order valence-electron chi connectivity index (χ3n) is 11.1. The van der Waals surface area contributed by atoms with Gasteiger partial charge >= 0.3 is 0 Å². The molecule has 1 aromatic carbocycles. The quantitative estimate of drug-likeness (QED) is 0.250. The molecule has 204 valence electrons. The molecule has 5 rings (SSSR count). The van der Waals surface area contributed by atoms with E-state index < -0.39 is 0 Å². The fourth-order valence-corrected chi connectivity index (χ4v) is 10.2. The standard InChI is InChI=1S/C34H50O2S/c1-8-35-24(3)36-31-19-21-34(7)29-18-20-33(6)27(23(2)22-37-25-12-10-9-11-13-25)15-16-28(33)26(29)14-17-30(34)32(31,4)5/h9-13,16,23-24,27,30-31H,8,14-15,17-22H2,1-7H3/t23-,24?,27-,30+,31+,33-,34-/m1/s1. The summed E-state index contributed by atoms with van der Waals surface area (Å²) in [4.78, 5) is 1.41. The van der Waals surface area contributed by atoms with E-state index in [9.17, 15) is 0 Å². The summed E-state index contributed by atoms with van der Waals surface area (Å²) in [6, 6.07) is 11.0. The van der Waals surface area contributed by atoms with Crippen LogP contribution in [-0.4, -0.2) is 24.8 Å². The molecule has 3 heteroatoms. The van der Waals surface area contributed by atoms with Crippen LogP contribution in [0.3, 0.4) is 0 Å². The van der Waals surface area contributed by atoms with Gasteiger partial charge in [-0.25, -0.2) is 0 Å². The highest BCUT2D eigenvalue weighted by Gasteiger charge is 2.58. The second-order valence-corrected chi connectivity index (χ2v) is 14.5. The molecule has 0 N–H and O–H groups in total. The zero-order valence-corrected chi connectivity index (χ0v) is 25.3. The summed E-state index contributed by atoms with van der Waals surface area (Å²) in [5.74, 6) is 3.37. The van der Waals surface area contributed by atoms with E-state index in [4.69, 9.17) is 9.47 Å². The van der Waals surface area contributed by atoms with Crippen LogP contribution in [0.2, 0.25) is 0 Å². The van der Waals surface area contributed by atoms with E-state index in [0.717, 1.165) is 18.3 Å². The normalized spacial score (nSPS) is 36.3. The summed E-state index contributed by atoms with van der Waals surface area (Å²) in [5, 5.41) is 0. The highest BCUT2D eigenvalue weighted by Crippen LogP contribution is 2.67. The van der Waals surface area contributed by atoms with Crippen LogP contribution in [-0.2, 0) is 9.47 Å². The van der Waals surface area contributed by atoms with Gasteiger partial charge < -0.3 is 9.47 Å². The van der Waals surface area contributed by atoms with Crippen molar-refractivity contribution in [3.63, 3.8) is 0 Å².